The van der Waals surface area contributed by atoms with Gasteiger partial charge in [0, 0.05) is 0 Å². The van der Waals surface area contributed by atoms with Crippen molar-refractivity contribution in [3.05, 3.63) is 0 Å². The summed E-state index contributed by atoms with van der Waals surface area (Å²) >= 11 is 0. The minimum Gasteiger partial charge on any atom is -0.349 e. The maximum Gasteiger partial charge on any atom is 0.185 e. The van der Waals surface area contributed by atoms with Crippen molar-refractivity contribution < 1.29 is 0 Å². The molecule has 0 aromatic heterocycles. The Bertz CT molecular complexity index is 95.7. The van der Waals surface area contributed by atoms with Crippen molar-refractivity contribution in [3.63, 3.8) is 0 Å². The van der Waals surface area contributed by atoms with Gasteiger partial charge in [0.25, 0.3) is 0 Å². The Hall–Kier alpha value is 0.0249. The van der Waals surface area contributed by atoms with Gasteiger partial charge in [-0.1, -0.05) is 13.3 Å². The first-order chi connectivity index (χ1) is 5.33. The van der Waals surface area contributed by atoms with Gasteiger partial charge in [0.05, 0.1) is 0 Å². The lowest BCUT2D eigenvalue weighted by molar-refractivity contribution is 0.317. The fourth-order valence-electron chi connectivity index (χ4n) is 1.96. The van der Waals surface area contributed by atoms with Gasteiger partial charge in [-0.2, -0.15) is 0 Å². The first-order valence-electron chi connectivity index (χ1n) is 5.01. The van der Waals surface area contributed by atoms with E-state index in [9.17, 15) is 0 Å². The van der Waals surface area contributed by atoms with Gasteiger partial charge in [0.15, 0.2) is 7.98 Å². The van der Waals surface area contributed by atoms with E-state index in [2.05, 4.69) is 19.7 Å². The lowest BCUT2D eigenvalue weighted by Crippen LogP contribution is -2.25. The Morgan fingerprint density at radius 1 is 1.27 bits per heavy atom. The van der Waals surface area contributed by atoms with Crippen LogP contribution in [0.25, 0.3) is 0 Å². The van der Waals surface area contributed by atoms with E-state index in [0.717, 1.165) is 5.92 Å². The molecule has 0 spiro atoms. The highest BCUT2D eigenvalue weighted by Gasteiger charge is 2.10. The van der Waals surface area contributed by atoms with Crippen molar-refractivity contribution in [2.75, 3.05) is 13.1 Å². The van der Waals surface area contributed by atoms with Crippen LogP contribution in [0.15, 0.2) is 0 Å². The molecule has 0 aliphatic carbocycles. The Balaban J connectivity index is 2.22. The molecule has 2 heteroatoms. The van der Waals surface area contributed by atoms with Crippen LogP contribution in [0.5, 0.6) is 0 Å². The Morgan fingerprint density at radius 3 is 2.27 bits per heavy atom. The van der Waals surface area contributed by atoms with Crippen molar-refractivity contribution in [1.29, 1.82) is 0 Å². The molecule has 1 nitrogen and oxygen atoms in total. The van der Waals surface area contributed by atoms with Crippen LogP contribution in [0.4, 0.5) is 0 Å². The molecule has 64 valence electrons. The molecule has 1 saturated heterocycles. The van der Waals surface area contributed by atoms with Gasteiger partial charge in [0.1, 0.15) is 0 Å². The van der Waals surface area contributed by atoms with Crippen LogP contribution in [0.2, 0.25) is 0 Å². The van der Waals surface area contributed by atoms with Crippen LogP contribution in [0, 0.1) is 5.92 Å². The second-order valence-corrected chi connectivity index (χ2v) is 3.86. The van der Waals surface area contributed by atoms with Gasteiger partial charge in [-0.15, -0.1) is 0 Å². The molecule has 0 saturated carbocycles. The third-order valence-corrected chi connectivity index (χ3v) is 2.88. The van der Waals surface area contributed by atoms with E-state index < -0.39 is 0 Å². The normalized spacial score (nSPS) is 24.5. The van der Waals surface area contributed by atoms with Crippen LogP contribution < -0.4 is 0 Å². The molecule has 1 aliphatic rings. The minimum atomic E-state index is 1.03. The molecule has 0 radical (unpaired) electrons. The first-order valence-corrected chi connectivity index (χ1v) is 5.01. The molecule has 0 aromatic carbocycles. The highest BCUT2D eigenvalue weighted by molar-refractivity contribution is 6.04. The van der Waals surface area contributed by atoms with E-state index in [1.807, 2.05) is 0 Å². The molecule has 11 heavy (non-hydrogen) atoms. The van der Waals surface area contributed by atoms with Crippen molar-refractivity contribution in [3.8, 4) is 0 Å². The fraction of sp³-hybridized carbons (Fsp3) is 1.00. The van der Waals surface area contributed by atoms with Gasteiger partial charge in [-0.3, -0.25) is 0 Å². The molecule has 0 atom stereocenters. The average Bonchev–Trinajstić information content (AvgIpc) is 1.96. The summed E-state index contributed by atoms with van der Waals surface area (Å²) in [5.74, 6) is 1.03. The minimum absolute atomic E-state index is 1.03. The van der Waals surface area contributed by atoms with E-state index in [-0.39, 0.29) is 0 Å². The number of nitrogens with zero attached hydrogens (tertiary/aromatic N) is 1. The van der Waals surface area contributed by atoms with Crippen molar-refractivity contribution in [2.45, 2.75) is 39.0 Å². The highest BCUT2D eigenvalue weighted by Crippen LogP contribution is 2.19. The summed E-state index contributed by atoms with van der Waals surface area (Å²) in [5.41, 5.74) is 0. The zero-order valence-corrected chi connectivity index (χ0v) is 7.97. The largest absolute Gasteiger partial charge is 0.349 e. The van der Waals surface area contributed by atoms with Crippen LogP contribution in [-0.2, 0) is 0 Å². The molecule has 1 fully saturated rings. The Labute approximate surface area is 71.6 Å². The number of hydrogen-bond donors (Lipinski definition) is 0. The zero-order chi connectivity index (χ0) is 8.10. The molecule has 1 heterocycles. The summed E-state index contributed by atoms with van der Waals surface area (Å²) in [6.45, 7) is 4.96. The van der Waals surface area contributed by atoms with Gasteiger partial charge >= 0.3 is 0 Å². The molecule has 1 aliphatic heterocycles. The SMILES string of the molecule is BN1CCCC(CC)CCC1. The van der Waals surface area contributed by atoms with Crippen LogP contribution in [-0.4, -0.2) is 25.9 Å². The maximum atomic E-state index is 2.46. The van der Waals surface area contributed by atoms with Crippen molar-refractivity contribution in [1.82, 2.24) is 4.81 Å². The highest BCUT2D eigenvalue weighted by atomic mass is 15.0. The molecule has 0 bridgehead atoms. The Kier molecular flexibility index (Phi) is 3.99. The Morgan fingerprint density at radius 2 is 1.82 bits per heavy atom. The summed E-state index contributed by atoms with van der Waals surface area (Å²) in [4.78, 5) is 2.46. The lowest BCUT2D eigenvalue weighted by atomic mass is 9.92. The van der Waals surface area contributed by atoms with Crippen molar-refractivity contribution >= 4 is 7.98 Å². The van der Waals surface area contributed by atoms with Gasteiger partial charge in [-0.25, -0.2) is 0 Å². The maximum absolute atomic E-state index is 2.46. The molecular formula is C9H20BN. The van der Waals surface area contributed by atoms with E-state index in [1.165, 1.54) is 45.2 Å². The summed E-state index contributed by atoms with van der Waals surface area (Å²) < 4.78 is 0. The standard InChI is InChI=1S/C9H20BN/c1-2-9-5-3-7-11(10)8-4-6-9/h9H,2-8,10H2,1H3. The van der Waals surface area contributed by atoms with E-state index in [4.69, 9.17) is 0 Å². The van der Waals surface area contributed by atoms with Gasteiger partial charge in [0.2, 0.25) is 0 Å². The monoisotopic (exact) mass is 153 g/mol. The van der Waals surface area contributed by atoms with E-state index >= 15 is 0 Å². The summed E-state index contributed by atoms with van der Waals surface area (Å²) in [5, 5.41) is 0. The van der Waals surface area contributed by atoms with Crippen LogP contribution >= 0.6 is 0 Å². The third-order valence-electron chi connectivity index (χ3n) is 2.88. The first kappa shape index (κ1) is 9.12. The zero-order valence-electron chi connectivity index (χ0n) is 7.97. The number of hydrogen-bond acceptors (Lipinski definition) is 1. The summed E-state index contributed by atoms with van der Waals surface area (Å²) in [6, 6.07) is 0. The van der Waals surface area contributed by atoms with E-state index in [0.29, 0.717) is 0 Å². The van der Waals surface area contributed by atoms with Gasteiger partial charge in [-0.05, 0) is 44.7 Å². The fourth-order valence-corrected chi connectivity index (χ4v) is 1.96. The molecule has 0 aromatic rings. The predicted octanol–water partition coefficient (Wildman–Crippen LogP) is 1.44. The second-order valence-electron chi connectivity index (χ2n) is 3.86. The molecule has 0 amide bonds. The van der Waals surface area contributed by atoms with Gasteiger partial charge < -0.3 is 4.81 Å². The van der Waals surface area contributed by atoms with Crippen molar-refractivity contribution in [2.24, 2.45) is 5.92 Å². The topological polar surface area (TPSA) is 3.24 Å². The molecule has 1 rings (SSSR count). The lowest BCUT2D eigenvalue weighted by Gasteiger charge is -2.24. The van der Waals surface area contributed by atoms with Crippen LogP contribution in [0.1, 0.15) is 39.0 Å². The predicted molar refractivity (Wildman–Crippen MR) is 52.4 cm³/mol. The molecular weight excluding hydrogens is 133 g/mol. The van der Waals surface area contributed by atoms with E-state index in [1.54, 1.807) is 0 Å². The smallest absolute Gasteiger partial charge is 0.185 e. The molecule has 0 N–H and O–H groups in total. The summed E-state index contributed by atoms with van der Waals surface area (Å²) in [6.07, 6.45) is 7.13. The summed E-state index contributed by atoms with van der Waals surface area (Å²) in [7, 11) is 2.24. The average molecular weight is 153 g/mol. The quantitative estimate of drug-likeness (QED) is 0.515. The second kappa shape index (κ2) is 4.81. The third kappa shape index (κ3) is 3.28. The van der Waals surface area contributed by atoms with Crippen LogP contribution in [0.3, 0.4) is 0 Å². The molecule has 0 unspecified atom stereocenters. The number of rotatable bonds is 1.